The van der Waals surface area contributed by atoms with Crippen LogP contribution in [0, 0.1) is 16.0 Å². The zero-order valence-electron chi connectivity index (χ0n) is 11.5. The van der Waals surface area contributed by atoms with Crippen LogP contribution in [-0.2, 0) is 9.84 Å². The third-order valence-corrected chi connectivity index (χ3v) is 4.76. The lowest BCUT2D eigenvalue weighted by Gasteiger charge is -2.15. The zero-order chi connectivity index (χ0) is 14.9. The van der Waals surface area contributed by atoms with Crippen LogP contribution in [-0.4, -0.2) is 25.6 Å². The number of nitro benzene ring substituents is 1. The maximum absolute atomic E-state index is 11.7. The molecule has 1 aromatic rings. The second-order valence-electron chi connectivity index (χ2n) is 5.44. The van der Waals surface area contributed by atoms with Crippen molar-refractivity contribution < 1.29 is 13.3 Å². The number of hydrogen-bond acceptors (Lipinski definition) is 5. The van der Waals surface area contributed by atoms with Crippen LogP contribution >= 0.6 is 0 Å². The first-order valence-electron chi connectivity index (χ1n) is 6.53. The summed E-state index contributed by atoms with van der Waals surface area (Å²) in [6, 6.07) is 4.54. The minimum absolute atomic E-state index is 0.165. The molecule has 1 aliphatic rings. The molecule has 7 heteroatoms. The monoisotopic (exact) mass is 298 g/mol. The first-order valence-corrected chi connectivity index (χ1v) is 8.42. The van der Waals surface area contributed by atoms with E-state index < -0.39 is 14.8 Å². The van der Waals surface area contributed by atoms with Gasteiger partial charge in [0.05, 0.1) is 4.92 Å². The number of anilines is 1. The predicted molar refractivity (Wildman–Crippen MR) is 76.6 cm³/mol. The molecule has 2 unspecified atom stereocenters. The topological polar surface area (TPSA) is 89.3 Å². The van der Waals surface area contributed by atoms with Crippen LogP contribution < -0.4 is 5.32 Å². The molecule has 0 aromatic heterocycles. The number of nitro groups is 1. The summed E-state index contributed by atoms with van der Waals surface area (Å²) in [4.78, 5) is 10.4. The van der Waals surface area contributed by atoms with E-state index in [1.165, 1.54) is 12.1 Å². The van der Waals surface area contributed by atoms with Crippen LogP contribution in [0.25, 0.3) is 0 Å². The molecular weight excluding hydrogens is 280 g/mol. The zero-order valence-corrected chi connectivity index (χ0v) is 12.3. The van der Waals surface area contributed by atoms with Gasteiger partial charge in [0, 0.05) is 12.3 Å². The predicted octanol–water partition coefficient (Wildman–Crippen LogP) is 2.60. The molecule has 2 rings (SSSR count). The van der Waals surface area contributed by atoms with E-state index in [4.69, 9.17) is 0 Å². The summed E-state index contributed by atoms with van der Waals surface area (Å²) in [6.45, 7) is 2.14. The van der Waals surface area contributed by atoms with E-state index in [0.29, 0.717) is 5.92 Å². The van der Waals surface area contributed by atoms with E-state index in [2.05, 4.69) is 12.2 Å². The SMILES string of the molecule is CC1CCC(Nc2cccc(S(C)(=O)=O)c2[N+](=O)[O-])C1. The summed E-state index contributed by atoms with van der Waals surface area (Å²) < 4.78 is 23.3. The van der Waals surface area contributed by atoms with Gasteiger partial charge in [-0.3, -0.25) is 10.1 Å². The van der Waals surface area contributed by atoms with Gasteiger partial charge in [0.1, 0.15) is 10.6 Å². The Bertz CT molecular complexity index is 627. The molecule has 1 saturated carbocycles. The van der Waals surface area contributed by atoms with Crippen LogP contribution in [0.1, 0.15) is 26.2 Å². The van der Waals surface area contributed by atoms with Crippen LogP contribution in [0.5, 0.6) is 0 Å². The van der Waals surface area contributed by atoms with Crippen molar-refractivity contribution >= 4 is 21.2 Å². The van der Waals surface area contributed by atoms with Crippen molar-refractivity contribution in [3.05, 3.63) is 28.3 Å². The van der Waals surface area contributed by atoms with Gasteiger partial charge < -0.3 is 5.32 Å². The molecule has 1 N–H and O–H groups in total. The van der Waals surface area contributed by atoms with Gasteiger partial charge in [0.25, 0.3) is 0 Å². The second kappa shape index (κ2) is 5.40. The fourth-order valence-electron chi connectivity index (χ4n) is 2.68. The number of hydrogen-bond donors (Lipinski definition) is 1. The fourth-order valence-corrected chi connectivity index (χ4v) is 3.55. The van der Waals surface area contributed by atoms with Gasteiger partial charge in [-0.05, 0) is 37.3 Å². The van der Waals surface area contributed by atoms with Gasteiger partial charge >= 0.3 is 5.69 Å². The summed E-state index contributed by atoms with van der Waals surface area (Å²) in [5, 5.41) is 14.4. The molecule has 0 aliphatic heterocycles. The van der Waals surface area contributed by atoms with E-state index in [1.807, 2.05) is 0 Å². The average molecular weight is 298 g/mol. The normalized spacial score (nSPS) is 22.7. The van der Waals surface area contributed by atoms with Crippen LogP contribution in [0.2, 0.25) is 0 Å². The van der Waals surface area contributed by atoms with Crippen LogP contribution in [0.3, 0.4) is 0 Å². The molecule has 0 spiro atoms. The Kier molecular flexibility index (Phi) is 3.99. The van der Waals surface area contributed by atoms with Crippen molar-refractivity contribution in [3.63, 3.8) is 0 Å². The molecule has 1 aromatic carbocycles. The molecule has 110 valence electrons. The number of para-hydroxylation sites is 1. The minimum Gasteiger partial charge on any atom is -0.377 e. The number of nitrogens with zero attached hydrogens (tertiary/aromatic N) is 1. The van der Waals surface area contributed by atoms with E-state index in [0.717, 1.165) is 25.5 Å². The van der Waals surface area contributed by atoms with Crippen molar-refractivity contribution in [2.24, 2.45) is 5.92 Å². The summed E-state index contributed by atoms with van der Waals surface area (Å²) >= 11 is 0. The summed E-state index contributed by atoms with van der Waals surface area (Å²) in [5.74, 6) is 0.588. The highest BCUT2D eigenvalue weighted by Crippen LogP contribution is 2.35. The first-order chi connectivity index (χ1) is 9.29. The largest absolute Gasteiger partial charge is 0.377 e. The summed E-state index contributed by atoms with van der Waals surface area (Å²) in [7, 11) is -3.63. The van der Waals surface area contributed by atoms with E-state index in [-0.39, 0.29) is 22.3 Å². The maximum Gasteiger partial charge on any atom is 0.310 e. The third kappa shape index (κ3) is 3.09. The van der Waals surface area contributed by atoms with E-state index in [1.54, 1.807) is 6.07 Å². The average Bonchev–Trinajstić information content (AvgIpc) is 2.73. The number of rotatable bonds is 4. The highest BCUT2D eigenvalue weighted by atomic mass is 32.2. The molecule has 20 heavy (non-hydrogen) atoms. The van der Waals surface area contributed by atoms with Crippen LogP contribution in [0.15, 0.2) is 23.1 Å². The molecule has 0 heterocycles. The standard InChI is InChI=1S/C13H18N2O4S/c1-9-6-7-10(8-9)14-11-4-3-5-12(20(2,18)19)13(11)15(16)17/h3-5,9-10,14H,6-8H2,1-2H3. The quantitative estimate of drug-likeness (QED) is 0.681. The van der Waals surface area contributed by atoms with Gasteiger partial charge in [0.2, 0.25) is 0 Å². The molecule has 1 fully saturated rings. The Morgan fingerprint density at radius 1 is 1.35 bits per heavy atom. The molecule has 0 amide bonds. The lowest BCUT2D eigenvalue weighted by molar-refractivity contribution is -0.386. The first kappa shape index (κ1) is 14.8. The highest BCUT2D eigenvalue weighted by Gasteiger charge is 2.29. The molecule has 0 saturated heterocycles. The lowest BCUT2D eigenvalue weighted by Crippen LogP contribution is -2.17. The Morgan fingerprint density at radius 2 is 2.05 bits per heavy atom. The Hall–Kier alpha value is -1.63. The molecule has 1 aliphatic carbocycles. The number of benzene rings is 1. The van der Waals surface area contributed by atoms with E-state index >= 15 is 0 Å². The molecule has 6 nitrogen and oxygen atoms in total. The highest BCUT2D eigenvalue weighted by molar-refractivity contribution is 7.90. The number of sulfone groups is 1. The molecule has 0 radical (unpaired) electrons. The molecule has 2 atom stereocenters. The van der Waals surface area contributed by atoms with Crippen molar-refractivity contribution in [2.75, 3.05) is 11.6 Å². The Labute approximate surface area is 118 Å². The van der Waals surface area contributed by atoms with Gasteiger partial charge in [-0.1, -0.05) is 13.0 Å². The van der Waals surface area contributed by atoms with Crippen molar-refractivity contribution in [1.29, 1.82) is 0 Å². The van der Waals surface area contributed by atoms with Gasteiger partial charge in [-0.25, -0.2) is 8.42 Å². The Morgan fingerprint density at radius 3 is 2.55 bits per heavy atom. The van der Waals surface area contributed by atoms with Crippen LogP contribution in [0.4, 0.5) is 11.4 Å². The van der Waals surface area contributed by atoms with Gasteiger partial charge in [-0.15, -0.1) is 0 Å². The van der Waals surface area contributed by atoms with Gasteiger partial charge in [-0.2, -0.15) is 0 Å². The number of nitrogens with one attached hydrogen (secondary N) is 1. The smallest absolute Gasteiger partial charge is 0.310 e. The lowest BCUT2D eigenvalue weighted by atomic mass is 10.1. The third-order valence-electron chi connectivity index (χ3n) is 3.64. The van der Waals surface area contributed by atoms with Gasteiger partial charge in [0.15, 0.2) is 9.84 Å². The molecular formula is C13H18N2O4S. The maximum atomic E-state index is 11.7. The second-order valence-corrected chi connectivity index (χ2v) is 7.43. The Balaban J connectivity index is 2.40. The van der Waals surface area contributed by atoms with Crippen molar-refractivity contribution in [2.45, 2.75) is 37.1 Å². The fraction of sp³-hybridized carbons (Fsp3) is 0.538. The minimum atomic E-state index is -3.63. The van der Waals surface area contributed by atoms with Crippen molar-refractivity contribution in [3.8, 4) is 0 Å². The summed E-state index contributed by atoms with van der Waals surface area (Å²) in [6.07, 6.45) is 3.95. The van der Waals surface area contributed by atoms with Crippen molar-refractivity contribution in [1.82, 2.24) is 0 Å². The van der Waals surface area contributed by atoms with E-state index in [9.17, 15) is 18.5 Å². The molecule has 0 bridgehead atoms. The summed E-state index contributed by atoms with van der Waals surface area (Å²) in [5.41, 5.74) is -0.0634.